The molecule has 6 heteroatoms. The number of ether oxygens (including phenoxy) is 1. The molecule has 0 saturated heterocycles. The molecule has 0 atom stereocenters. The molecule has 1 aliphatic rings. The number of pyridine rings is 1. The van der Waals surface area contributed by atoms with Crippen LogP contribution < -0.4 is 16.6 Å². The zero-order chi connectivity index (χ0) is 20.8. The predicted molar refractivity (Wildman–Crippen MR) is 117 cm³/mol. The topological polar surface area (TPSA) is 89.3 Å². The molecule has 0 fully saturated rings. The first-order valence-electron chi connectivity index (χ1n) is 9.76. The maximum Gasteiger partial charge on any atom is 0.407 e. The first-order valence-corrected chi connectivity index (χ1v) is 9.76. The summed E-state index contributed by atoms with van der Waals surface area (Å²) < 4.78 is 5.50. The Labute approximate surface area is 175 Å². The molecule has 6 nitrogen and oxygen atoms in total. The van der Waals surface area contributed by atoms with E-state index in [0.29, 0.717) is 25.4 Å². The fourth-order valence-corrected chi connectivity index (χ4v) is 3.59. The van der Waals surface area contributed by atoms with Gasteiger partial charge in [0.15, 0.2) is 0 Å². The Hall–Kier alpha value is -3.82. The Balaban J connectivity index is 1.27. The molecular weight excluding hydrogens is 376 g/mol. The van der Waals surface area contributed by atoms with Gasteiger partial charge in [0.25, 0.3) is 0 Å². The molecule has 1 heterocycles. The largest absolute Gasteiger partial charge is 0.449 e. The van der Waals surface area contributed by atoms with E-state index in [1.165, 1.54) is 22.3 Å². The summed E-state index contributed by atoms with van der Waals surface area (Å²) in [6, 6.07) is 20.1. The number of hydrogen-bond donors (Lipinski definition) is 3. The normalized spacial score (nSPS) is 11.6. The lowest BCUT2D eigenvalue weighted by Gasteiger charge is -2.14. The van der Waals surface area contributed by atoms with Crippen LogP contribution >= 0.6 is 0 Å². The average molecular weight is 398 g/mol. The summed E-state index contributed by atoms with van der Waals surface area (Å²) in [6.45, 7) is 0.721. The van der Waals surface area contributed by atoms with Crippen molar-refractivity contribution in [1.29, 1.82) is 0 Å². The maximum atomic E-state index is 12.1. The molecule has 0 spiro atoms. The Bertz CT molecular complexity index is 1050. The summed E-state index contributed by atoms with van der Waals surface area (Å²) >= 11 is 0. The van der Waals surface area contributed by atoms with Crippen LogP contribution in [0.3, 0.4) is 0 Å². The SMILES string of the molecule is NNc1ccc(C#CCCNC(=O)OCC2c3ccccc3-c3ccccc32)cn1. The maximum absolute atomic E-state index is 12.1. The molecule has 0 radical (unpaired) electrons. The second kappa shape index (κ2) is 9.12. The van der Waals surface area contributed by atoms with Crippen LogP contribution in [-0.2, 0) is 4.74 Å². The van der Waals surface area contributed by atoms with Crippen molar-refractivity contribution in [2.75, 3.05) is 18.6 Å². The lowest BCUT2D eigenvalue weighted by molar-refractivity contribution is 0.143. The van der Waals surface area contributed by atoms with Gasteiger partial charge in [-0.25, -0.2) is 15.6 Å². The minimum absolute atomic E-state index is 0.0569. The number of nitrogens with two attached hydrogens (primary N) is 1. The quantitative estimate of drug-likeness (QED) is 0.264. The van der Waals surface area contributed by atoms with Crippen molar-refractivity contribution >= 4 is 11.9 Å². The van der Waals surface area contributed by atoms with Gasteiger partial charge < -0.3 is 15.5 Å². The van der Waals surface area contributed by atoms with Gasteiger partial charge in [-0.05, 0) is 34.4 Å². The third kappa shape index (κ3) is 4.27. The third-order valence-corrected chi connectivity index (χ3v) is 5.01. The van der Waals surface area contributed by atoms with Crippen molar-refractivity contribution in [1.82, 2.24) is 10.3 Å². The number of anilines is 1. The van der Waals surface area contributed by atoms with Gasteiger partial charge in [-0.15, -0.1) is 0 Å². The van der Waals surface area contributed by atoms with E-state index in [2.05, 4.69) is 51.8 Å². The monoisotopic (exact) mass is 398 g/mol. The van der Waals surface area contributed by atoms with E-state index in [1.807, 2.05) is 30.3 Å². The van der Waals surface area contributed by atoms with E-state index in [4.69, 9.17) is 10.6 Å². The minimum atomic E-state index is -0.432. The van der Waals surface area contributed by atoms with E-state index in [9.17, 15) is 4.79 Å². The van der Waals surface area contributed by atoms with Crippen molar-refractivity contribution in [3.05, 3.63) is 83.6 Å². The van der Waals surface area contributed by atoms with Crippen LogP contribution in [0.25, 0.3) is 11.1 Å². The van der Waals surface area contributed by atoms with E-state index < -0.39 is 6.09 Å². The summed E-state index contributed by atoms with van der Waals surface area (Å²) in [5.74, 6) is 11.9. The van der Waals surface area contributed by atoms with E-state index in [-0.39, 0.29) is 5.92 Å². The lowest BCUT2D eigenvalue weighted by atomic mass is 9.98. The molecular formula is C24H22N4O2. The highest BCUT2D eigenvalue weighted by molar-refractivity contribution is 5.79. The molecule has 1 amide bonds. The van der Waals surface area contributed by atoms with E-state index >= 15 is 0 Å². The molecule has 4 N–H and O–H groups in total. The standard InChI is InChI=1S/C24H22N4O2/c25-28-23-13-12-17(15-27-23)7-5-6-14-26-24(29)30-16-22-20-10-3-1-8-18(20)19-9-2-4-11-21(19)22/h1-4,8-13,15,22H,6,14,16,25H2,(H,26,29)(H,27,28). The molecule has 30 heavy (non-hydrogen) atoms. The Morgan fingerprint density at radius 2 is 1.73 bits per heavy atom. The number of nitrogens with one attached hydrogen (secondary N) is 2. The van der Waals surface area contributed by atoms with Gasteiger partial charge in [-0.3, -0.25) is 0 Å². The summed E-state index contributed by atoms with van der Waals surface area (Å²) in [5, 5.41) is 2.75. The fourth-order valence-electron chi connectivity index (χ4n) is 3.59. The number of nitrogens with zero attached hydrogens (tertiary/aromatic N) is 1. The van der Waals surface area contributed by atoms with E-state index in [0.717, 1.165) is 5.56 Å². The van der Waals surface area contributed by atoms with Crippen LogP contribution in [0.2, 0.25) is 0 Å². The van der Waals surface area contributed by atoms with Crippen molar-refractivity contribution < 1.29 is 9.53 Å². The molecule has 1 aliphatic carbocycles. The highest BCUT2D eigenvalue weighted by Crippen LogP contribution is 2.44. The number of carbonyl (C=O) groups is 1. The van der Waals surface area contributed by atoms with Gasteiger partial charge in [0.05, 0.1) is 0 Å². The second-order valence-electron chi connectivity index (χ2n) is 6.88. The third-order valence-electron chi connectivity index (χ3n) is 5.01. The summed E-state index contributed by atoms with van der Waals surface area (Å²) in [5.41, 5.74) is 8.07. The Morgan fingerprint density at radius 3 is 2.37 bits per heavy atom. The number of alkyl carbamates (subject to hydrolysis) is 1. The molecule has 2 aromatic carbocycles. The highest BCUT2D eigenvalue weighted by Gasteiger charge is 2.28. The predicted octanol–water partition coefficient (Wildman–Crippen LogP) is 3.65. The Kier molecular flexibility index (Phi) is 5.93. The van der Waals surface area contributed by atoms with Crippen LogP contribution in [0.15, 0.2) is 66.9 Å². The lowest BCUT2D eigenvalue weighted by Crippen LogP contribution is -2.26. The fraction of sp³-hybridized carbons (Fsp3) is 0.167. The van der Waals surface area contributed by atoms with Gasteiger partial charge in [0.2, 0.25) is 0 Å². The van der Waals surface area contributed by atoms with Gasteiger partial charge in [-0.1, -0.05) is 60.4 Å². The van der Waals surface area contributed by atoms with E-state index in [1.54, 1.807) is 12.3 Å². The van der Waals surface area contributed by atoms with Crippen molar-refractivity contribution in [3.8, 4) is 23.0 Å². The van der Waals surface area contributed by atoms with Gasteiger partial charge in [0.1, 0.15) is 12.4 Å². The number of hydrogen-bond acceptors (Lipinski definition) is 5. The zero-order valence-electron chi connectivity index (χ0n) is 16.4. The number of amides is 1. The molecule has 0 unspecified atom stereocenters. The number of hydrazine groups is 1. The van der Waals surface area contributed by atoms with Crippen LogP contribution in [0, 0.1) is 11.8 Å². The molecule has 0 bridgehead atoms. The van der Waals surface area contributed by atoms with Crippen LogP contribution in [-0.4, -0.2) is 24.2 Å². The molecule has 4 rings (SSSR count). The summed E-state index contributed by atoms with van der Waals surface area (Å²) in [6.07, 6.45) is 1.72. The van der Waals surface area contributed by atoms with Crippen LogP contribution in [0.5, 0.6) is 0 Å². The number of aromatic nitrogens is 1. The highest BCUT2D eigenvalue weighted by atomic mass is 16.5. The van der Waals surface area contributed by atoms with Crippen molar-refractivity contribution in [2.24, 2.45) is 5.84 Å². The number of nitrogen functional groups attached to an aromatic ring is 1. The van der Waals surface area contributed by atoms with Gasteiger partial charge in [-0.2, -0.15) is 0 Å². The Morgan fingerprint density at radius 1 is 1.03 bits per heavy atom. The van der Waals surface area contributed by atoms with Crippen molar-refractivity contribution in [3.63, 3.8) is 0 Å². The van der Waals surface area contributed by atoms with Gasteiger partial charge >= 0.3 is 6.09 Å². The van der Waals surface area contributed by atoms with Crippen molar-refractivity contribution in [2.45, 2.75) is 12.3 Å². The number of carbonyl (C=O) groups excluding carboxylic acids is 1. The average Bonchev–Trinajstić information content (AvgIpc) is 3.12. The molecule has 0 saturated carbocycles. The second-order valence-corrected chi connectivity index (χ2v) is 6.88. The molecule has 1 aromatic heterocycles. The summed E-state index contributed by atoms with van der Waals surface area (Å²) in [4.78, 5) is 16.2. The van der Waals surface area contributed by atoms with Gasteiger partial charge in [0, 0.05) is 30.6 Å². The number of fused-ring (bicyclic) bond motifs is 3. The number of benzene rings is 2. The zero-order valence-corrected chi connectivity index (χ0v) is 16.4. The molecule has 150 valence electrons. The molecule has 3 aromatic rings. The number of rotatable bonds is 5. The minimum Gasteiger partial charge on any atom is -0.449 e. The van der Waals surface area contributed by atoms with Crippen LogP contribution in [0.1, 0.15) is 29.0 Å². The van der Waals surface area contributed by atoms with Crippen LogP contribution in [0.4, 0.5) is 10.6 Å². The first-order chi connectivity index (χ1) is 14.8. The first kappa shape index (κ1) is 19.5. The summed E-state index contributed by atoms with van der Waals surface area (Å²) in [7, 11) is 0. The molecule has 0 aliphatic heterocycles. The smallest absolute Gasteiger partial charge is 0.407 e.